The van der Waals surface area contributed by atoms with E-state index >= 15 is 0 Å². The maximum atomic E-state index is 12.3. The number of amides is 2. The second kappa shape index (κ2) is 7.97. The molecule has 2 heterocycles. The van der Waals surface area contributed by atoms with Crippen LogP contribution in [0.5, 0.6) is 0 Å². The van der Waals surface area contributed by atoms with Gasteiger partial charge in [-0.1, -0.05) is 29.8 Å². The first-order valence-corrected chi connectivity index (χ1v) is 9.03. The topological polar surface area (TPSA) is 76.6 Å². The molecule has 0 saturated carbocycles. The van der Waals surface area contributed by atoms with Gasteiger partial charge in [-0.2, -0.15) is 4.99 Å². The molecule has 2 amide bonds. The molecule has 1 aromatic carbocycles. The summed E-state index contributed by atoms with van der Waals surface area (Å²) < 4.78 is 6.93. The fraction of sp³-hybridized carbons (Fsp3) is 0.211. The van der Waals surface area contributed by atoms with Gasteiger partial charge < -0.3 is 14.3 Å². The van der Waals surface area contributed by atoms with E-state index in [9.17, 15) is 9.59 Å². The molecule has 0 spiro atoms. The van der Waals surface area contributed by atoms with Crippen LogP contribution >= 0.6 is 11.3 Å². The van der Waals surface area contributed by atoms with Crippen LogP contribution in [0.3, 0.4) is 0 Å². The van der Waals surface area contributed by atoms with Crippen LogP contribution in [-0.4, -0.2) is 22.4 Å². The third kappa shape index (κ3) is 4.37. The molecule has 0 aliphatic carbocycles. The number of nitrogens with one attached hydrogen (secondary N) is 1. The molecule has 0 unspecified atom stereocenters. The minimum Gasteiger partial charge on any atom is -0.459 e. The Morgan fingerprint density at radius 1 is 1.27 bits per heavy atom. The molecule has 1 atom stereocenters. The summed E-state index contributed by atoms with van der Waals surface area (Å²) in [6.45, 7) is 4.27. The molecule has 0 saturated heterocycles. The van der Waals surface area contributed by atoms with Gasteiger partial charge in [0.25, 0.3) is 11.8 Å². The number of furan rings is 1. The van der Waals surface area contributed by atoms with Gasteiger partial charge in [-0.25, -0.2) is 0 Å². The van der Waals surface area contributed by atoms with Crippen molar-refractivity contribution in [3.8, 4) is 0 Å². The number of aryl methyl sites for hydroxylation is 1. The van der Waals surface area contributed by atoms with Crippen molar-refractivity contribution in [3.63, 3.8) is 0 Å². The first kappa shape index (κ1) is 17.9. The van der Waals surface area contributed by atoms with Crippen LogP contribution in [0.4, 0.5) is 0 Å². The van der Waals surface area contributed by atoms with E-state index in [2.05, 4.69) is 34.6 Å². The molecule has 134 valence electrons. The zero-order chi connectivity index (χ0) is 18.5. The lowest BCUT2D eigenvalue weighted by Gasteiger charge is -2.09. The first-order chi connectivity index (χ1) is 12.5. The number of carbonyl (C=O) groups is 2. The Balaban J connectivity index is 1.71. The Kier molecular flexibility index (Phi) is 5.48. The Bertz CT molecular complexity index is 953. The van der Waals surface area contributed by atoms with Gasteiger partial charge >= 0.3 is 0 Å². The fourth-order valence-corrected chi connectivity index (χ4v) is 3.06. The van der Waals surface area contributed by atoms with Gasteiger partial charge in [-0.05, 0) is 31.5 Å². The summed E-state index contributed by atoms with van der Waals surface area (Å²) in [5.74, 6) is -0.690. The molecule has 0 radical (unpaired) electrons. The highest BCUT2D eigenvalue weighted by atomic mass is 32.1. The normalized spacial score (nSPS) is 12.8. The molecule has 1 N–H and O–H groups in total. The number of aromatic nitrogens is 1. The maximum Gasteiger partial charge on any atom is 0.287 e. The highest BCUT2D eigenvalue weighted by molar-refractivity contribution is 7.07. The molecule has 7 heteroatoms. The standard InChI is InChI=1S/C19H19N3O3S/c1-13-5-7-15(8-6-13)12-22-9-11-26-19(22)21-17(23)14(2)20-18(24)16-4-3-10-25-16/h3-11,14H,12H2,1-2H3,(H,20,24)/t14-/m1/s1. The lowest BCUT2D eigenvalue weighted by Crippen LogP contribution is -2.38. The second-order valence-electron chi connectivity index (χ2n) is 5.92. The van der Waals surface area contributed by atoms with Crippen LogP contribution in [-0.2, 0) is 11.3 Å². The average molecular weight is 369 g/mol. The van der Waals surface area contributed by atoms with Crippen molar-refractivity contribution in [1.82, 2.24) is 9.88 Å². The van der Waals surface area contributed by atoms with Crippen molar-refractivity contribution in [1.29, 1.82) is 0 Å². The number of nitrogens with zero attached hydrogens (tertiary/aromatic N) is 2. The molecule has 0 fully saturated rings. The van der Waals surface area contributed by atoms with Crippen molar-refractivity contribution in [3.05, 3.63) is 75.9 Å². The van der Waals surface area contributed by atoms with Gasteiger partial charge in [-0.15, -0.1) is 11.3 Å². The Morgan fingerprint density at radius 2 is 2.04 bits per heavy atom. The van der Waals surface area contributed by atoms with Gasteiger partial charge in [0.15, 0.2) is 10.6 Å². The highest BCUT2D eigenvalue weighted by Gasteiger charge is 2.17. The second-order valence-corrected chi connectivity index (χ2v) is 6.79. The molecule has 0 aliphatic rings. The minimum absolute atomic E-state index is 0.162. The molecule has 3 aromatic rings. The summed E-state index contributed by atoms with van der Waals surface area (Å²) in [5, 5.41) is 4.47. The van der Waals surface area contributed by atoms with Gasteiger partial charge in [0.05, 0.1) is 6.26 Å². The summed E-state index contributed by atoms with van der Waals surface area (Å²) >= 11 is 1.38. The monoisotopic (exact) mass is 369 g/mol. The molecule has 26 heavy (non-hydrogen) atoms. The number of rotatable bonds is 5. The summed E-state index contributed by atoms with van der Waals surface area (Å²) in [6.07, 6.45) is 3.30. The molecule has 0 bridgehead atoms. The van der Waals surface area contributed by atoms with Crippen LogP contribution in [0, 0.1) is 6.92 Å². The summed E-state index contributed by atoms with van der Waals surface area (Å²) in [5.41, 5.74) is 2.33. The van der Waals surface area contributed by atoms with Gasteiger partial charge in [0.1, 0.15) is 6.04 Å². The van der Waals surface area contributed by atoms with Crippen molar-refractivity contribution in [2.24, 2.45) is 4.99 Å². The number of hydrogen-bond acceptors (Lipinski definition) is 4. The zero-order valence-electron chi connectivity index (χ0n) is 14.5. The third-order valence-electron chi connectivity index (χ3n) is 3.80. The number of benzene rings is 1. The first-order valence-electron chi connectivity index (χ1n) is 8.15. The number of hydrogen-bond donors (Lipinski definition) is 1. The van der Waals surface area contributed by atoms with Gasteiger partial charge in [0, 0.05) is 18.1 Å². The van der Waals surface area contributed by atoms with Crippen molar-refractivity contribution in [2.45, 2.75) is 26.4 Å². The van der Waals surface area contributed by atoms with E-state index in [0.29, 0.717) is 11.3 Å². The molecule has 3 rings (SSSR count). The SMILES string of the molecule is Cc1ccc(Cn2ccsc2=NC(=O)[C@@H](C)NC(=O)c2ccco2)cc1. The molecular weight excluding hydrogens is 350 g/mol. The molecule has 0 aliphatic heterocycles. The summed E-state index contributed by atoms with van der Waals surface area (Å²) in [7, 11) is 0. The van der Waals surface area contributed by atoms with Crippen LogP contribution < -0.4 is 10.1 Å². The van der Waals surface area contributed by atoms with E-state index in [4.69, 9.17) is 4.42 Å². The zero-order valence-corrected chi connectivity index (χ0v) is 15.3. The van der Waals surface area contributed by atoms with Gasteiger partial charge in [0.2, 0.25) is 0 Å². The highest BCUT2D eigenvalue weighted by Crippen LogP contribution is 2.05. The number of thiazole rings is 1. The minimum atomic E-state index is -0.748. The van der Waals surface area contributed by atoms with E-state index in [1.807, 2.05) is 23.1 Å². The predicted octanol–water partition coefficient (Wildman–Crippen LogP) is 2.75. The van der Waals surface area contributed by atoms with E-state index in [-0.39, 0.29) is 5.76 Å². The quantitative estimate of drug-likeness (QED) is 0.751. The van der Waals surface area contributed by atoms with Crippen molar-refractivity contribution in [2.75, 3.05) is 0 Å². The van der Waals surface area contributed by atoms with Gasteiger partial charge in [-0.3, -0.25) is 9.59 Å². The van der Waals surface area contributed by atoms with E-state index in [1.165, 1.54) is 23.2 Å². The molecule has 2 aromatic heterocycles. The van der Waals surface area contributed by atoms with Crippen LogP contribution in [0.2, 0.25) is 0 Å². The summed E-state index contributed by atoms with van der Waals surface area (Å²) in [4.78, 5) is 29.1. The summed E-state index contributed by atoms with van der Waals surface area (Å²) in [6, 6.07) is 10.6. The van der Waals surface area contributed by atoms with E-state index in [1.54, 1.807) is 19.1 Å². The van der Waals surface area contributed by atoms with Crippen LogP contribution in [0.25, 0.3) is 0 Å². The number of carbonyl (C=O) groups excluding carboxylic acids is 2. The van der Waals surface area contributed by atoms with Crippen molar-refractivity contribution < 1.29 is 14.0 Å². The van der Waals surface area contributed by atoms with Crippen molar-refractivity contribution >= 4 is 23.2 Å². The molecular formula is C19H19N3O3S. The fourth-order valence-electron chi connectivity index (χ4n) is 2.33. The Hall–Kier alpha value is -2.93. The lowest BCUT2D eigenvalue weighted by atomic mass is 10.1. The maximum absolute atomic E-state index is 12.3. The lowest BCUT2D eigenvalue weighted by molar-refractivity contribution is -0.119. The Morgan fingerprint density at radius 3 is 2.73 bits per heavy atom. The van der Waals surface area contributed by atoms with Crippen LogP contribution in [0.15, 0.2) is 63.6 Å². The van der Waals surface area contributed by atoms with E-state index in [0.717, 1.165) is 5.56 Å². The van der Waals surface area contributed by atoms with Crippen LogP contribution in [0.1, 0.15) is 28.6 Å². The largest absolute Gasteiger partial charge is 0.459 e. The third-order valence-corrected chi connectivity index (χ3v) is 4.60. The average Bonchev–Trinajstić information content (AvgIpc) is 3.29. The Labute approximate surface area is 154 Å². The predicted molar refractivity (Wildman–Crippen MR) is 98.8 cm³/mol. The smallest absolute Gasteiger partial charge is 0.287 e. The molecule has 6 nitrogen and oxygen atoms in total. The van der Waals surface area contributed by atoms with E-state index < -0.39 is 17.9 Å².